The van der Waals surface area contributed by atoms with Gasteiger partial charge in [-0.25, -0.2) is 13.2 Å². The van der Waals surface area contributed by atoms with Gasteiger partial charge in [0.2, 0.25) is 0 Å². The summed E-state index contributed by atoms with van der Waals surface area (Å²) in [6.45, 7) is 0.339. The molecule has 0 saturated carbocycles. The summed E-state index contributed by atoms with van der Waals surface area (Å²) < 4.78 is 41.5. The molecule has 1 saturated heterocycles. The largest absolute Gasteiger partial charge is 0.505 e. The monoisotopic (exact) mass is 290 g/mol. The predicted molar refractivity (Wildman–Crippen MR) is 67.3 cm³/mol. The van der Waals surface area contributed by atoms with Crippen molar-refractivity contribution in [1.82, 2.24) is 10.2 Å². The SMILES string of the molecule is OCC(F)(F)[C@H](c1cccc(F)c1O)N1CCNCC1. The number of hydrogen-bond acceptors (Lipinski definition) is 4. The van der Waals surface area contributed by atoms with E-state index < -0.39 is 30.1 Å². The lowest BCUT2D eigenvalue weighted by Gasteiger charge is -2.38. The van der Waals surface area contributed by atoms with Gasteiger partial charge in [0.15, 0.2) is 11.6 Å². The summed E-state index contributed by atoms with van der Waals surface area (Å²) in [6, 6.07) is 1.98. The Morgan fingerprint density at radius 1 is 1.30 bits per heavy atom. The molecule has 0 aromatic heterocycles. The van der Waals surface area contributed by atoms with E-state index in [2.05, 4.69) is 5.32 Å². The molecule has 1 heterocycles. The zero-order valence-electron chi connectivity index (χ0n) is 10.8. The number of halogens is 3. The van der Waals surface area contributed by atoms with Gasteiger partial charge in [-0.2, -0.15) is 0 Å². The molecule has 20 heavy (non-hydrogen) atoms. The number of aromatic hydroxyl groups is 1. The number of nitrogens with one attached hydrogen (secondary N) is 1. The van der Waals surface area contributed by atoms with Crippen LogP contribution in [0.4, 0.5) is 13.2 Å². The highest BCUT2D eigenvalue weighted by Crippen LogP contribution is 2.40. The molecule has 0 amide bonds. The van der Waals surface area contributed by atoms with Crippen molar-refractivity contribution < 1.29 is 23.4 Å². The second-order valence-electron chi connectivity index (χ2n) is 4.79. The number of alkyl halides is 2. The highest BCUT2D eigenvalue weighted by atomic mass is 19.3. The normalized spacial score (nSPS) is 19.0. The first-order valence-corrected chi connectivity index (χ1v) is 6.38. The van der Waals surface area contributed by atoms with Crippen LogP contribution < -0.4 is 5.32 Å². The van der Waals surface area contributed by atoms with Gasteiger partial charge in [0, 0.05) is 31.7 Å². The van der Waals surface area contributed by atoms with Crippen LogP contribution in [0.1, 0.15) is 11.6 Å². The van der Waals surface area contributed by atoms with Crippen LogP contribution in [0.25, 0.3) is 0 Å². The first-order valence-electron chi connectivity index (χ1n) is 6.38. The van der Waals surface area contributed by atoms with Crippen molar-refractivity contribution in [3.05, 3.63) is 29.6 Å². The summed E-state index contributed by atoms with van der Waals surface area (Å²) in [4.78, 5) is 1.45. The van der Waals surface area contributed by atoms with Crippen LogP contribution in [-0.4, -0.2) is 53.8 Å². The van der Waals surface area contributed by atoms with E-state index in [4.69, 9.17) is 5.11 Å². The van der Waals surface area contributed by atoms with E-state index in [1.807, 2.05) is 0 Å². The molecule has 0 aliphatic carbocycles. The molecule has 0 bridgehead atoms. The molecule has 1 atom stereocenters. The molecule has 7 heteroatoms. The van der Waals surface area contributed by atoms with E-state index in [-0.39, 0.29) is 5.56 Å². The Morgan fingerprint density at radius 2 is 1.95 bits per heavy atom. The standard InChI is InChI=1S/C13H17F3N2O2/c14-10-3-1-2-9(11(10)20)12(13(15,16)8-19)18-6-4-17-5-7-18/h1-3,12,17,19-20H,4-8H2/t12-/m0/s1. The van der Waals surface area contributed by atoms with Crippen LogP contribution >= 0.6 is 0 Å². The van der Waals surface area contributed by atoms with Crippen molar-refractivity contribution in [2.75, 3.05) is 32.8 Å². The van der Waals surface area contributed by atoms with Gasteiger partial charge in [-0.1, -0.05) is 12.1 Å². The molecule has 1 aromatic rings. The fraction of sp³-hybridized carbons (Fsp3) is 0.538. The van der Waals surface area contributed by atoms with E-state index >= 15 is 0 Å². The third kappa shape index (κ3) is 2.89. The number of benzene rings is 1. The summed E-state index contributed by atoms with van der Waals surface area (Å²) in [6.07, 6.45) is 0. The van der Waals surface area contributed by atoms with Crippen molar-refractivity contribution in [3.8, 4) is 5.75 Å². The number of nitrogens with zero attached hydrogens (tertiary/aromatic N) is 1. The van der Waals surface area contributed by atoms with Gasteiger partial charge in [0.25, 0.3) is 5.92 Å². The first kappa shape index (κ1) is 15.1. The minimum absolute atomic E-state index is 0.203. The Bertz CT molecular complexity index is 465. The van der Waals surface area contributed by atoms with E-state index in [1.165, 1.54) is 17.0 Å². The van der Waals surface area contributed by atoms with Gasteiger partial charge in [0.05, 0.1) is 0 Å². The van der Waals surface area contributed by atoms with Gasteiger partial charge in [-0.15, -0.1) is 0 Å². The molecular formula is C13H17F3N2O2. The van der Waals surface area contributed by atoms with E-state index in [1.54, 1.807) is 0 Å². The zero-order chi connectivity index (χ0) is 14.8. The van der Waals surface area contributed by atoms with Crippen LogP contribution in [0.3, 0.4) is 0 Å². The number of aliphatic hydroxyl groups excluding tert-OH is 1. The Hall–Kier alpha value is -1.31. The van der Waals surface area contributed by atoms with Crippen molar-refractivity contribution in [2.45, 2.75) is 12.0 Å². The lowest BCUT2D eigenvalue weighted by atomic mass is 9.97. The van der Waals surface area contributed by atoms with Crippen molar-refractivity contribution in [2.24, 2.45) is 0 Å². The van der Waals surface area contributed by atoms with Crippen molar-refractivity contribution in [3.63, 3.8) is 0 Å². The minimum atomic E-state index is -3.47. The van der Waals surface area contributed by atoms with Crippen LogP contribution in [0, 0.1) is 5.82 Å². The average molecular weight is 290 g/mol. The number of aliphatic hydroxyl groups is 1. The maximum absolute atomic E-state index is 14.1. The molecule has 0 radical (unpaired) electrons. The van der Waals surface area contributed by atoms with E-state index in [0.29, 0.717) is 26.2 Å². The number of rotatable bonds is 4. The maximum atomic E-state index is 14.1. The molecule has 4 nitrogen and oxygen atoms in total. The number of phenolic OH excluding ortho intramolecular Hbond substituents is 1. The molecular weight excluding hydrogens is 273 g/mol. The molecule has 1 aromatic carbocycles. The van der Waals surface area contributed by atoms with Crippen LogP contribution in [0.5, 0.6) is 5.75 Å². The fourth-order valence-electron chi connectivity index (χ4n) is 2.47. The molecule has 3 N–H and O–H groups in total. The Kier molecular flexibility index (Phi) is 4.52. The van der Waals surface area contributed by atoms with E-state index in [9.17, 15) is 18.3 Å². The predicted octanol–water partition coefficient (Wildman–Crippen LogP) is 1.11. The number of para-hydroxylation sites is 1. The fourth-order valence-corrected chi connectivity index (χ4v) is 2.47. The second kappa shape index (κ2) is 5.99. The molecule has 1 aliphatic heterocycles. The summed E-state index contributed by atoms with van der Waals surface area (Å²) in [5.74, 6) is -5.21. The summed E-state index contributed by atoms with van der Waals surface area (Å²) in [5, 5.41) is 21.7. The summed E-state index contributed by atoms with van der Waals surface area (Å²) in [5.41, 5.74) is -0.203. The minimum Gasteiger partial charge on any atom is -0.505 e. The Morgan fingerprint density at radius 3 is 2.55 bits per heavy atom. The molecule has 0 spiro atoms. The average Bonchev–Trinajstić information content (AvgIpc) is 2.45. The number of piperazine rings is 1. The Labute approximate surface area is 114 Å². The number of phenols is 1. The van der Waals surface area contributed by atoms with E-state index in [0.717, 1.165) is 6.07 Å². The smallest absolute Gasteiger partial charge is 0.290 e. The summed E-state index contributed by atoms with van der Waals surface area (Å²) in [7, 11) is 0. The maximum Gasteiger partial charge on any atom is 0.290 e. The second-order valence-corrected chi connectivity index (χ2v) is 4.79. The molecule has 0 unspecified atom stereocenters. The van der Waals surface area contributed by atoms with Gasteiger partial charge in [-0.05, 0) is 6.07 Å². The van der Waals surface area contributed by atoms with Crippen LogP contribution in [0.2, 0.25) is 0 Å². The van der Waals surface area contributed by atoms with Crippen LogP contribution in [0.15, 0.2) is 18.2 Å². The van der Waals surface area contributed by atoms with Gasteiger partial charge >= 0.3 is 0 Å². The number of hydrogen-bond donors (Lipinski definition) is 3. The topological polar surface area (TPSA) is 55.7 Å². The molecule has 1 fully saturated rings. The van der Waals surface area contributed by atoms with Gasteiger partial charge in [0.1, 0.15) is 12.6 Å². The summed E-state index contributed by atoms with van der Waals surface area (Å²) >= 11 is 0. The Balaban J connectivity index is 2.42. The quantitative estimate of drug-likeness (QED) is 0.777. The third-order valence-corrected chi connectivity index (χ3v) is 3.44. The lowest BCUT2D eigenvalue weighted by Crippen LogP contribution is -2.51. The highest BCUT2D eigenvalue weighted by molar-refractivity contribution is 5.37. The third-order valence-electron chi connectivity index (χ3n) is 3.44. The zero-order valence-corrected chi connectivity index (χ0v) is 10.8. The first-order chi connectivity index (χ1) is 9.47. The molecule has 2 rings (SSSR count). The molecule has 112 valence electrons. The van der Waals surface area contributed by atoms with Gasteiger partial charge < -0.3 is 15.5 Å². The molecule has 1 aliphatic rings. The van der Waals surface area contributed by atoms with Crippen molar-refractivity contribution >= 4 is 0 Å². The van der Waals surface area contributed by atoms with Crippen LogP contribution in [-0.2, 0) is 0 Å². The van der Waals surface area contributed by atoms with Gasteiger partial charge in [-0.3, -0.25) is 4.90 Å². The van der Waals surface area contributed by atoms with Crippen molar-refractivity contribution in [1.29, 1.82) is 0 Å². The highest BCUT2D eigenvalue weighted by Gasteiger charge is 2.45. The lowest BCUT2D eigenvalue weighted by molar-refractivity contribution is -0.119.